The van der Waals surface area contributed by atoms with Gasteiger partial charge in [0.15, 0.2) is 0 Å². The fourth-order valence-corrected chi connectivity index (χ4v) is 9.01. The van der Waals surface area contributed by atoms with Crippen LogP contribution in [0.15, 0.2) is 133 Å². The van der Waals surface area contributed by atoms with Crippen molar-refractivity contribution in [2.75, 3.05) is 9.80 Å². The van der Waals surface area contributed by atoms with Gasteiger partial charge >= 0.3 is 0 Å². The van der Waals surface area contributed by atoms with E-state index >= 15 is 0 Å². The molecule has 2 nitrogen and oxygen atoms in total. The third-order valence-electron chi connectivity index (χ3n) is 12.1. The van der Waals surface area contributed by atoms with E-state index in [9.17, 15) is 0 Å². The molecular weight excluding hydrogens is 639 g/mol. The third kappa shape index (κ3) is 5.38. The van der Waals surface area contributed by atoms with E-state index in [2.05, 4.69) is 200 Å². The van der Waals surface area contributed by atoms with Crippen molar-refractivity contribution in [2.24, 2.45) is 11.3 Å². The smallest absolute Gasteiger partial charge is 0.252 e. The van der Waals surface area contributed by atoms with E-state index in [1.54, 1.807) is 0 Å². The summed E-state index contributed by atoms with van der Waals surface area (Å²) in [6.45, 7) is 21.1. The fourth-order valence-electron chi connectivity index (χ4n) is 9.01. The van der Waals surface area contributed by atoms with E-state index in [0.717, 1.165) is 6.42 Å². The monoisotopic (exact) mass is 690 g/mol. The third-order valence-corrected chi connectivity index (χ3v) is 12.1. The van der Waals surface area contributed by atoms with Crippen molar-refractivity contribution >= 4 is 73.1 Å². The topological polar surface area (TPSA) is 6.48 Å². The molecule has 53 heavy (non-hydrogen) atoms. The van der Waals surface area contributed by atoms with Crippen LogP contribution in [0.4, 0.5) is 28.4 Å². The molecule has 0 saturated heterocycles. The van der Waals surface area contributed by atoms with Crippen LogP contribution in [0.2, 0.25) is 0 Å². The molecule has 3 aliphatic rings. The lowest BCUT2D eigenvalue weighted by Crippen LogP contribution is -2.62. The van der Waals surface area contributed by atoms with E-state index in [1.807, 2.05) is 0 Å². The van der Waals surface area contributed by atoms with Crippen LogP contribution in [-0.2, 0) is 10.8 Å². The molecule has 1 aliphatic carbocycles. The number of nitrogens with zero attached hydrogens (tertiary/aromatic N) is 2. The van der Waals surface area contributed by atoms with Gasteiger partial charge in [0.1, 0.15) is 0 Å². The highest BCUT2D eigenvalue weighted by molar-refractivity contribution is 7.00. The molecule has 2 heterocycles. The summed E-state index contributed by atoms with van der Waals surface area (Å²) in [7, 11) is 0. The Kier molecular flexibility index (Phi) is 7.49. The molecule has 1 unspecified atom stereocenters. The van der Waals surface area contributed by atoms with E-state index in [-0.39, 0.29) is 23.0 Å². The van der Waals surface area contributed by atoms with Gasteiger partial charge in [-0.1, -0.05) is 159 Å². The first-order valence-electron chi connectivity index (χ1n) is 19.5. The number of allylic oxidation sites excluding steroid dienone is 3. The van der Waals surface area contributed by atoms with Crippen LogP contribution in [0.5, 0.6) is 0 Å². The van der Waals surface area contributed by atoms with Crippen LogP contribution in [-0.4, -0.2) is 6.71 Å². The van der Waals surface area contributed by atoms with E-state index in [4.69, 9.17) is 0 Å². The van der Waals surface area contributed by atoms with E-state index in [0.29, 0.717) is 5.92 Å². The van der Waals surface area contributed by atoms with Crippen molar-refractivity contribution in [3.8, 4) is 0 Å². The number of hydrogen-bond acceptors (Lipinski definition) is 2. The molecule has 3 heteroatoms. The summed E-state index contributed by atoms with van der Waals surface area (Å²) in [5, 5.41) is 5.12. The number of benzene rings is 6. The molecule has 0 spiro atoms. The molecule has 2 aliphatic heterocycles. The van der Waals surface area contributed by atoms with Crippen molar-refractivity contribution in [1.82, 2.24) is 0 Å². The van der Waals surface area contributed by atoms with E-state index in [1.165, 1.54) is 83.2 Å². The van der Waals surface area contributed by atoms with Crippen LogP contribution in [0.25, 0.3) is 21.5 Å². The summed E-state index contributed by atoms with van der Waals surface area (Å²) < 4.78 is 0. The minimum Gasteiger partial charge on any atom is -0.311 e. The molecule has 0 aromatic heterocycles. The summed E-state index contributed by atoms with van der Waals surface area (Å²) >= 11 is 0. The van der Waals surface area contributed by atoms with Gasteiger partial charge in [-0.15, -0.1) is 0 Å². The zero-order valence-corrected chi connectivity index (χ0v) is 32.9. The van der Waals surface area contributed by atoms with Crippen molar-refractivity contribution in [1.29, 1.82) is 0 Å². The molecule has 0 amide bonds. The maximum absolute atomic E-state index is 2.63. The number of fused-ring (bicyclic) bond motifs is 8. The zero-order chi connectivity index (χ0) is 37.0. The summed E-state index contributed by atoms with van der Waals surface area (Å²) in [6, 6.07) is 41.9. The Balaban J connectivity index is 1.41. The van der Waals surface area contributed by atoms with Crippen LogP contribution in [0.3, 0.4) is 0 Å². The van der Waals surface area contributed by atoms with Crippen LogP contribution in [0.1, 0.15) is 79.9 Å². The van der Waals surface area contributed by atoms with Gasteiger partial charge in [0, 0.05) is 44.9 Å². The van der Waals surface area contributed by atoms with Gasteiger partial charge in [0.05, 0.1) is 0 Å². The standard InChI is InChI=1S/C50H51BN2/c1-48(2,3)34-20-24-37(25-21-34)52-43-30-36(50(7,8)9)31-44-45(43)51(41-28-18-32-14-10-12-16-39(32)46(41)52)42-29-19-33-15-11-13-17-40(33)47(42)53(44)38-26-22-35(23-27-38)49(4,5)6/h10-22,24-31,35H,23H2,1-9H3. The zero-order valence-electron chi connectivity index (χ0n) is 32.9. The second-order valence-electron chi connectivity index (χ2n) is 18.7. The molecule has 6 aromatic rings. The van der Waals surface area contributed by atoms with Gasteiger partial charge in [0.25, 0.3) is 6.71 Å². The number of hydrogen-bond donors (Lipinski definition) is 0. The molecule has 264 valence electrons. The quantitative estimate of drug-likeness (QED) is 0.167. The fraction of sp³-hybridized carbons (Fsp3) is 0.280. The van der Waals surface area contributed by atoms with E-state index < -0.39 is 0 Å². The maximum Gasteiger partial charge on any atom is 0.252 e. The Morgan fingerprint density at radius 3 is 1.60 bits per heavy atom. The van der Waals surface area contributed by atoms with Crippen LogP contribution in [0, 0.1) is 11.3 Å². The minimum absolute atomic E-state index is 0.0688. The molecule has 9 rings (SSSR count). The highest BCUT2D eigenvalue weighted by atomic mass is 15.2. The summed E-state index contributed by atoms with van der Waals surface area (Å²) in [6.07, 6.45) is 8.41. The first-order valence-corrected chi connectivity index (χ1v) is 19.5. The lowest BCUT2D eigenvalue weighted by molar-refractivity contribution is 0.293. The van der Waals surface area contributed by atoms with Crippen molar-refractivity contribution in [3.05, 3.63) is 144 Å². The van der Waals surface area contributed by atoms with Crippen molar-refractivity contribution in [2.45, 2.75) is 79.6 Å². The Morgan fingerprint density at radius 1 is 0.566 bits per heavy atom. The van der Waals surface area contributed by atoms with Gasteiger partial charge in [0.2, 0.25) is 0 Å². The highest BCUT2D eigenvalue weighted by Crippen LogP contribution is 2.48. The van der Waals surface area contributed by atoms with Crippen molar-refractivity contribution in [3.63, 3.8) is 0 Å². The minimum atomic E-state index is -0.0688. The first-order chi connectivity index (χ1) is 25.2. The van der Waals surface area contributed by atoms with Crippen LogP contribution < -0.4 is 26.2 Å². The van der Waals surface area contributed by atoms with Gasteiger partial charge in [-0.05, 0) is 97.2 Å². The Morgan fingerprint density at radius 2 is 1.09 bits per heavy atom. The van der Waals surface area contributed by atoms with Gasteiger partial charge in [-0.2, -0.15) is 0 Å². The molecule has 0 radical (unpaired) electrons. The van der Waals surface area contributed by atoms with Gasteiger partial charge in [-0.3, -0.25) is 0 Å². The summed E-state index contributed by atoms with van der Waals surface area (Å²) in [5.74, 6) is 0.498. The molecule has 0 fully saturated rings. The largest absolute Gasteiger partial charge is 0.311 e. The second kappa shape index (κ2) is 11.7. The predicted octanol–water partition coefficient (Wildman–Crippen LogP) is 11.8. The average Bonchev–Trinajstić information content (AvgIpc) is 3.13. The lowest BCUT2D eigenvalue weighted by atomic mass is 9.33. The molecule has 1 atom stereocenters. The number of rotatable bonds is 2. The predicted molar refractivity (Wildman–Crippen MR) is 232 cm³/mol. The Bertz CT molecular complexity index is 2500. The number of anilines is 5. The summed E-state index contributed by atoms with van der Waals surface area (Å²) in [5.41, 5.74) is 14.6. The average molecular weight is 691 g/mol. The maximum atomic E-state index is 2.63. The van der Waals surface area contributed by atoms with Crippen LogP contribution >= 0.6 is 0 Å². The lowest BCUT2D eigenvalue weighted by Gasteiger charge is -2.46. The second-order valence-corrected chi connectivity index (χ2v) is 18.7. The molecule has 6 aromatic carbocycles. The first kappa shape index (κ1) is 33.8. The van der Waals surface area contributed by atoms with Crippen molar-refractivity contribution < 1.29 is 0 Å². The normalized spacial score (nSPS) is 16.8. The molecule has 0 saturated carbocycles. The molecular formula is C50H51BN2. The highest BCUT2D eigenvalue weighted by Gasteiger charge is 2.45. The Hall–Kier alpha value is -5.02. The SMILES string of the molecule is CC(C)(C)c1ccc(N2c3cc(C(C)(C)C)cc4c3B(c3ccc5ccccc5c3N4C3=CCC(C(C)(C)C)C=C3)c3ccc4ccccc4c32)cc1. The summed E-state index contributed by atoms with van der Waals surface area (Å²) in [4.78, 5) is 5.23. The van der Waals surface area contributed by atoms with Gasteiger partial charge < -0.3 is 9.80 Å². The molecule has 0 bridgehead atoms. The Labute approximate surface area is 316 Å². The molecule has 0 N–H and O–H groups in total. The van der Waals surface area contributed by atoms with Gasteiger partial charge in [-0.25, -0.2) is 0 Å².